The largest absolute Gasteiger partial charge is 0.490 e. The molecule has 4 nitrogen and oxygen atoms in total. The molecule has 2 N–H and O–H groups in total. The molecule has 3 rings (SSSR count). The molecule has 2 fully saturated rings. The van der Waals surface area contributed by atoms with Gasteiger partial charge in [-0.15, -0.1) is 0 Å². The highest BCUT2D eigenvalue weighted by molar-refractivity contribution is 5.27. The smallest absolute Gasteiger partial charge is 0.137 e. The number of piperidine rings is 1. The number of nitrogens with zero attached hydrogens (tertiary/aromatic N) is 1. The van der Waals surface area contributed by atoms with Gasteiger partial charge in [0.2, 0.25) is 0 Å². The normalized spacial score (nSPS) is 31.0. The molecule has 0 bridgehead atoms. The second-order valence-electron chi connectivity index (χ2n) is 8.88. The Bertz CT molecular complexity index is 578. The number of aryl methyl sites for hydroxylation is 1. The van der Waals surface area contributed by atoms with Gasteiger partial charge in [-0.3, -0.25) is 4.90 Å². The van der Waals surface area contributed by atoms with Gasteiger partial charge in [0, 0.05) is 19.1 Å². The highest BCUT2D eigenvalue weighted by atomic mass is 16.5. The summed E-state index contributed by atoms with van der Waals surface area (Å²) in [4.78, 5) is 2.38. The minimum Gasteiger partial charge on any atom is -0.490 e. The van der Waals surface area contributed by atoms with Crippen molar-refractivity contribution in [1.29, 1.82) is 0 Å². The first kappa shape index (κ1) is 18.7. The lowest BCUT2D eigenvalue weighted by atomic mass is 9.74. The summed E-state index contributed by atoms with van der Waals surface area (Å²) in [5.74, 6) is 0.747. The first-order valence-corrected chi connectivity index (χ1v) is 9.61. The van der Waals surface area contributed by atoms with E-state index in [2.05, 4.69) is 18.7 Å². The van der Waals surface area contributed by atoms with Gasteiger partial charge in [-0.2, -0.15) is 0 Å². The Hall–Kier alpha value is -1.10. The van der Waals surface area contributed by atoms with Gasteiger partial charge in [-0.25, -0.2) is 0 Å². The maximum atomic E-state index is 11.1. The molecule has 1 aromatic rings. The SMILES string of the molecule is Cc1cccc(OC[C@@]2(O)CN(C3CCC(C)(C)CC3)CC[C@@H]2O)c1. The van der Waals surface area contributed by atoms with E-state index in [1.165, 1.54) is 25.7 Å². The van der Waals surface area contributed by atoms with Crippen LogP contribution in [0, 0.1) is 12.3 Å². The van der Waals surface area contributed by atoms with Crippen LogP contribution >= 0.6 is 0 Å². The highest BCUT2D eigenvalue weighted by Gasteiger charge is 2.44. The summed E-state index contributed by atoms with van der Waals surface area (Å²) in [6.45, 7) is 8.18. The maximum Gasteiger partial charge on any atom is 0.137 e. The van der Waals surface area contributed by atoms with Crippen LogP contribution < -0.4 is 4.74 Å². The van der Waals surface area contributed by atoms with Gasteiger partial charge < -0.3 is 14.9 Å². The first-order valence-electron chi connectivity index (χ1n) is 9.61. The van der Waals surface area contributed by atoms with Crippen molar-refractivity contribution < 1.29 is 14.9 Å². The van der Waals surface area contributed by atoms with Crippen LogP contribution in [0.1, 0.15) is 51.5 Å². The summed E-state index contributed by atoms with van der Waals surface area (Å²) in [5, 5.41) is 21.5. The molecule has 140 valence electrons. The number of rotatable bonds is 4. The molecule has 2 atom stereocenters. The number of benzene rings is 1. The molecule has 1 aromatic carbocycles. The quantitative estimate of drug-likeness (QED) is 0.879. The summed E-state index contributed by atoms with van der Waals surface area (Å²) >= 11 is 0. The third kappa shape index (κ3) is 4.55. The Morgan fingerprint density at radius 1 is 1.20 bits per heavy atom. The second kappa shape index (κ2) is 7.26. The molecule has 0 amide bonds. The van der Waals surface area contributed by atoms with Crippen LogP contribution in [0.25, 0.3) is 0 Å². The summed E-state index contributed by atoms with van der Waals surface area (Å²) in [7, 11) is 0. The third-order valence-electron chi connectivity index (χ3n) is 6.09. The minimum absolute atomic E-state index is 0.131. The van der Waals surface area contributed by atoms with E-state index in [0.717, 1.165) is 17.9 Å². The van der Waals surface area contributed by atoms with E-state index in [1.54, 1.807) is 0 Å². The van der Waals surface area contributed by atoms with Gasteiger partial charge in [0.25, 0.3) is 0 Å². The Balaban J connectivity index is 1.61. The fraction of sp³-hybridized carbons (Fsp3) is 0.714. The maximum absolute atomic E-state index is 11.1. The Labute approximate surface area is 151 Å². The van der Waals surface area contributed by atoms with Crippen molar-refractivity contribution in [3.05, 3.63) is 29.8 Å². The Morgan fingerprint density at radius 2 is 1.92 bits per heavy atom. The molecular weight excluding hydrogens is 314 g/mol. The molecule has 1 aliphatic heterocycles. The highest BCUT2D eigenvalue weighted by Crippen LogP contribution is 2.38. The summed E-state index contributed by atoms with van der Waals surface area (Å²) in [6.07, 6.45) is 4.70. The topological polar surface area (TPSA) is 52.9 Å². The number of hydrogen-bond acceptors (Lipinski definition) is 4. The molecule has 1 heterocycles. The molecule has 1 saturated heterocycles. The van der Waals surface area contributed by atoms with Crippen molar-refractivity contribution in [3.63, 3.8) is 0 Å². The van der Waals surface area contributed by atoms with Crippen molar-refractivity contribution in [2.24, 2.45) is 5.41 Å². The van der Waals surface area contributed by atoms with Crippen LogP contribution in [0.3, 0.4) is 0 Å². The van der Waals surface area contributed by atoms with Crippen molar-refractivity contribution in [3.8, 4) is 5.75 Å². The predicted molar refractivity (Wildman–Crippen MR) is 99.9 cm³/mol. The van der Waals surface area contributed by atoms with Crippen LogP contribution in [0.4, 0.5) is 0 Å². The number of likely N-dealkylation sites (tertiary alicyclic amines) is 1. The molecule has 25 heavy (non-hydrogen) atoms. The van der Waals surface area contributed by atoms with Gasteiger partial charge in [-0.1, -0.05) is 26.0 Å². The number of aliphatic hydroxyl groups is 2. The van der Waals surface area contributed by atoms with Crippen LogP contribution in [-0.4, -0.2) is 52.6 Å². The van der Waals surface area contributed by atoms with Crippen LogP contribution in [0.5, 0.6) is 5.75 Å². The number of β-amino-alcohol motifs (C(OH)–C–C–N with tert-alkyl or cyclic N) is 1. The predicted octanol–water partition coefficient (Wildman–Crippen LogP) is 3.14. The van der Waals surface area contributed by atoms with Crippen molar-refractivity contribution in [1.82, 2.24) is 4.90 Å². The second-order valence-corrected chi connectivity index (χ2v) is 8.88. The van der Waals surface area contributed by atoms with Crippen molar-refractivity contribution in [2.45, 2.75) is 70.6 Å². The molecule has 2 aliphatic rings. The molecule has 0 spiro atoms. The lowest BCUT2D eigenvalue weighted by molar-refractivity contribution is -0.148. The zero-order valence-electron chi connectivity index (χ0n) is 15.9. The molecule has 1 saturated carbocycles. The van der Waals surface area contributed by atoms with Gasteiger partial charge in [0.15, 0.2) is 0 Å². The van der Waals surface area contributed by atoms with Crippen molar-refractivity contribution >= 4 is 0 Å². The monoisotopic (exact) mass is 347 g/mol. The van der Waals surface area contributed by atoms with Crippen LogP contribution in [0.15, 0.2) is 24.3 Å². The van der Waals surface area contributed by atoms with E-state index in [0.29, 0.717) is 24.4 Å². The Morgan fingerprint density at radius 3 is 2.60 bits per heavy atom. The zero-order chi connectivity index (χ0) is 18.1. The third-order valence-corrected chi connectivity index (χ3v) is 6.09. The van der Waals surface area contributed by atoms with Gasteiger partial charge in [0.1, 0.15) is 18.0 Å². The zero-order valence-corrected chi connectivity index (χ0v) is 15.9. The fourth-order valence-electron chi connectivity index (χ4n) is 4.21. The summed E-state index contributed by atoms with van der Waals surface area (Å²) in [5.41, 5.74) is 0.367. The number of hydrogen-bond donors (Lipinski definition) is 2. The average Bonchev–Trinajstić information content (AvgIpc) is 2.56. The first-order chi connectivity index (χ1) is 11.8. The van der Waals surface area contributed by atoms with E-state index < -0.39 is 11.7 Å². The lowest BCUT2D eigenvalue weighted by Gasteiger charge is -2.47. The summed E-state index contributed by atoms with van der Waals surface area (Å²) in [6, 6.07) is 8.34. The van der Waals surface area contributed by atoms with E-state index in [4.69, 9.17) is 4.74 Å². The minimum atomic E-state index is -1.20. The van der Waals surface area contributed by atoms with E-state index in [9.17, 15) is 10.2 Å². The van der Waals surface area contributed by atoms with Gasteiger partial charge in [0.05, 0.1) is 6.10 Å². The van der Waals surface area contributed by atoms with E-state index in [1.807, 2.05) is 31.2 Å². The summed E-state index contributed by atoms with van der Waals surface area (Å²) < 4.78 is 5.83. The molecule has 0 unspecified atom stereocenters. The molecular formula is C21H33NO3. The van der Waals surface area contributed by atoms with E-state index >= 15 is 0 Å². The number of ether oxygens (including phenoxy) is 1. The Kier molecular flexibility index (Phi) is 5.42. The molecule has 4 heteroatoms. The van der Waals surface area contributed by atoms with Crippen LogP contribution in [-0.2, 0) is 0 Å². The van der Waals surface area contributed by atoms with Gasteiger partial charge in [-0.05, 0) is 62.1 Å². The van der Waals surface area contributed by atoms with E-state index in [-0.39, 0.29) is 6.61 Å². The fourth-order valence-corrected chi connectivity index (χ4v) is 4.21. The van der Waals surface area contributed by atoms with Crippen LogP contribution in [0.2, 0.25) is 0 Å². The average molecular weight is 347 g/mol. The number of aliphatic hydroxyl groups excluding tert-OH is 1. The standard InChI is InChI=1S/C21H33NO3/c1-16-5-4-6-18(13-16)25-15-21(24)14-22(12-9-19(21)23)17-7-10-20(2,3)11-8-17/h4-6,13,17,19,23-24H,7-12,14-15H2,1-3H3/t19-,21-/m0/s1. The molecule has 0 radical (unpaired) electrons. The lowest BCUT2D eigenvalue weighted by Crippen LogP contribution is -2.62. The molecule has 1 aliphatic carbocycles. The molecule has 0 aromatic heterocycles. The van der Waals surface area contributed by atoms with Gasteiger partial charge >= 0.3 is 0 Å². The van der Waals surface area contributed by atoms with Crippen molar-refractivity contribution in [2.75, 3.05) is 19.7 Å².